The average molecular weight is 844 g/mol. The minimum Gasteiger partial charge on any atom is -0.310 e. The van der Waals surface area contributed by atoms with Crippen LogP contribution >= 0.6 is 0 Å². The second-order valence-electron chi connectivity index (χ2n) is 17.8. The van der Waals surface area contributed by atoms with Crippen molar-refractivity contribution in [2.75, 3.05) is 4.90 Å². The summed E-state index contributed by atoms with van der Waals surface area (Å²) >= 11 is 0. The lowest BCUT2D eigenvalue weighted by molar-refractivity contribution is 0.660. The van der Waals surface area contributed by atoms with Gasteiger partial charge in [-0.25, -0.2) is 9.97 Å². The lowest BCUT2D eigenvalue weighted by atomic mass is 9.82. The second kappa shape index (κ2) is 16.0. The second-order valence-corrected chi connectivity index (χ2v) is 17.8. The van der Waals surface area contributed by atoms with Crippen LogP contribution in [0.5, 0.6) is 0 Å². The highest BCUT2D eigenvalue weighted by molar-refractivity contribution is 6.12. The van der Waals surface area contributed by atoms with Crippen molar-refractivity contribution < 1.29 is 0 Å². The average Bonchev–Trinajstić information content (AvgIpc) is 3.62. The Kier molecular flexibility index (Phi) is 9.50. The number of aromatic nitrogens is 2. The first-order chi connectivity index (χ1) is 32.5. The molecule has 0 spiro atoms. The molecule has 10 aromatic carbocycles. The van der Waals surface area contributed by atoms with Crippen LogP contribution in [-0.4, -0.2) is 9.97 Å². The minimum absolute atomic E-state index is 0.159. The molecule has 3 heteroatoms. The summed E-state index contributed by atoms with van der Waals surface area (Å²) in [5.41, 5.74) is 19.2. The van der Waals surface area contributed by atoms with E-state index in [-0.39, 0.29) is 5.41 Å². The predicted molar refractivity (Wildman–Crippen MR) is 276 cm³/mol. The highest BCUT2D eigenvalue weighted by atomic mass is 15.1. The van der Waals surface area contributed by atoms with Crippen molar-refractivity contribution in [3.8, 4) is 67.2 Å². The first kappa shape index (κ1) is 39.2. The molecule has 66 heavy (non-hydrogen) atoms. The molecule has 11 aromatic rings. The van der Waals surface area contributed by atoms with E-state index in [2.05, 4.69) is 255 Å². The van der Waals surface area contributed by atoms with E-state index in [0.29, 0.717) is 5.82 Å². The number of rotatable bonds is 8. The number of anilines is 3. The van der Waals surface area contributed by atoms with Crippen LogP contribution in [0.25, 0.3) is 88.8 Å². The van der Waals surface area contributed by atoms with Gasteiger partial charge in [-0.3, -0.25) is 0 Å². The zero-order chi connectivity index (χ0) is 44.2. The van der Waals surface area contributed by atoms with Gasteiger partial charge < -0.3 is 4.90 Å². The molecular weight excluding hydrogens is 799 g/mol. The summed E-state index contributed by atoms with van der Waals surface area (Å²) in [6.45, 7) is 4.71. The molecule has 0 N–H and O–H groups in total. The highest BCUT2D eigenvalue weighted by Gasteiger charge is 2.36. The molecule has 0 radical (unpaired) electrons. The zero-order valence-electron chi connectivity index (χ0n) is 36.9. The van der Waals surface area contributed by atoms with Crippen molar-refractivity contribution in [3.05, 3.63) is 248 Å². The fourth-order valence-electron chi connectivity index (χ4n) is 10.1. The molecule has 0 aliphatic heterocycles. The summed E-state index contributed by atoms with van der Waals surface area (Å²) < 4.78 is 0. The molecule has 0 atom stereocenters. The Bertz CT molecular complexity index is 3610. The number of hydrogen-bond donors (Lipinski definition) is 0. The van der Waals surface area contributed by atoms with Gasteiger partial charge in [0, 0.05) is 38.9 Å². The molecular formula is C63H45N3. The molecule has 0 saturated carbocycles. The van der Waals surface area contributed by atoms with E-state index >= 15 is 0 Å². The third-order valence-electron chi connectivity index (χ3n) is 13.4. The van der Waals surface area contributed by atoms with Gasteiger partial charge in [0.2, 0.25) is 0 Å². The molecule has 12 rings (SSSR count). The number of benzene rings is 10. The van der Waals surface area contributed by atoms with Gasteiger partial charge in [0.25, 0.3) is 0 Å². The highest BCUT2D eigenvalue weighted by Crippen LogP contribution is 2.52. The molecule has 1 heterocycles. The summed E-state index contributed by atoms with van der Waals surface area (Å²) in [6.07, 6.45) is 0. The Morgan fingerprint density at radius 2 is 0.970 bits per heavy atom. The van der Waals surface area contributed by atoms with Crippen LogP contribution in [0.15, 0.2) is 237 Å². The van der Waals surface area contributed by atoms with E-state index in [9.17, 15) is 0 Å². The van der Waals surface area contributed by atoms with Crippen LogP contribution in [0.3, 0.4) is 0 Å². The molecule has 3 nitrogen and oxygen atoms in total. The summed E-state index contributed by atoms with van der Waals surface area (Å²) in [5, 5.41) is 3.39. The quantitative estimate of drug-likeness (QED) is 0.143. The third kappa shape index (κ3) is 6.76. The summed E-state index contributed by atoms with van der Waals surface area (Å²) in [5.74, 6) is 0.698. The lowest BCUT2D eigenvalue weighted by Gasteiger charge is -2.30. The molecule has 312 valence electrons. The van der Waals surface area contributed by atoms with Crippen LogP contribution in [0, 0.1) is 0 Å². The Morgan fingerprint density at radius 1 is 0.364 bits per heavy atom. The Hall–Kier alpha value is -8.40. The van der Waals surface area contributed by atoms with E-state index in [4.69, 9.17) is 9.97 Å². The van der Waals surface area contributed by atoms with Crippen LogP contribution in [0.1, 0.15) is 25.0 Å². The van der Waals surface area contributed by atoms with E-state index < -0.39 is 0 Å². The third-order valence-corrected chi connectivity index (χ3v) is 13.4. The maximum absolute atomic E-state index is 5.35. The summed E-state index contributed by atoms with van der Waals surface area (Å²) in [4.78, 5) is 13.1. The first-order valence-corrected chi connectivity index (χ1v) is 22.7. The standard InChI is InChI=1S/C63H45N3/c1-63(2)56-31-15-14-30-53(56)54-35-34-51(41-57(54)63)66(59-37-33-48(42-18-6-3-7-19-42)40-55(59)43-20-8-4-9-21-43)50-28-17-26-47(39-50)46-25-16-27-49(38-46)62-64-58-36-32-44-22-12-13-29-52(44)60(58)61(65-62)45-23-10-5-11-24-45/h3-41H,1-2H3. The molecule has 0 amide bonds. The monoisotopic (exact) mass is 843 g/mol. The van der Waals surface area contributed by atoms with E-state index in [0.717, 1.165) is 72.4 Å². The smallest absolute Gasteiger partial charge is 0.160 e. The fraction of sp³-hybridized carbons (Fsp3) is 0.0476. The van der Waals surface area contributed by atoms with Crippen molar-refractivity contribution in [2.45, 2.75) is 19.3 Å². The zero-order valence-corrected chi connectivity index (χ0v) is 36.9. The number of fused-ring (bicyclic) bond motifs is 6. The van der Waals surface area contributed by atoms with Crippen LogP contribution < -0.4 is 4.90 Å². The lowest BCUT2D eigenvalue weighted by Crippen LogP contribution is -2.17. The van der Waals surface area contributed by atoms with Gasteiger partial charge in [-0.1, -0.05) is 202 Å². The van der Waals surface area contributed by atoms with Gasteiger partial charge in [-0.05, 0) is 109 Å². The molecule has 0 bridgehead atoms. The maximum Gasteiger partial charge on any atom is 0.160 e. The van der Waals surface area contributed by atoms with E-state index in [1.54, 1.807) is 0 Å². The SMILES string of the molecule is CC1(C)c2ccccc2-c2ccc(N(c3cccc(-c4cccc(-c5nc(-c6ccccc6)c6c(ccc7ccccc76)n5)c4)c3)c3ccc(-c4ccccc4)cc3-c3ccccc3)cc21. The topological polar surface area (TPSA) is 29.0 Å². The molecule has 1 aromatic heterocycles. The summed E-state index contributed by atoms with van der Waals surface area (Å²) in [6, 6.07) is 85.2. The molecule has 0 saturated heterocycles. The van der Waals surface area contributed by atoms with Crippen molar-refractivity contribution >= 4 is 38.7 Å². The molecule has 1 aliphatic carbocycles. The first-order valence-electron chi connectivity index (χ1n) is 22.7. The van der Waals surface area contributed by atoms with Gasteiger partial charge in [-0.2, -0.15) is 0 Å². The van der Waals surface area contributed by atoms with Gasteiger partial charge in [0.15, 0.2) is 5.82 Å². The maximum atomic E-state index is 5.35. The van der Waals surface area contributed by atoms with Crippen molar-refractivity contribution in [2.24, 2.45) is 0 Å². The van der Waals surface area contributed by atoms with Crippen molar-refractivity contribution in [1.82, 2.24) is 9.97 Å². The van der Waals surface area contributed by atoms with Crippen LogP contribution in [0.2, 0.25) is 0 Å². The Balaban J connectivity index is 1.02. The largest absolute Gasteiger partial charge is 0.310 e. The number of hydrogen-bond acceptors (Lipinski definition) is 3. The van der Waals surface area contributed by atoms with Crippen LogP contribution in [0.4, 0.5) is 17.1 Å². The van der Waals surface area contributed by atoms with Crippen molar-refractivity contribution in [1.29, 1.82) is 0 Å². The predicted octanol–water partition coefficient (Wildman–Crippen LogP) is 16.9. The summed E-state index contributed by atoms with van der Waals surface area (Å²) in [7, 11) is 0. The number of nitrogens with zero attached hydrogens (tertiary/aromatic N) is 3. The van der Waals surface area contributed by atoms with Gasteiger partial charge >= 0.3 is 0 Å². The van der Waals surface area contributed by atoms with Gasteiger partial charge in [0.1, 0.15) is 0 Å². The van der Waals surface area contributed by atoms with E-state index in [1.165, 1.54) is 38.8 Å². The fourth-order valence-corrected chi connectivity index (χ4v) is 10.1. The van der Waals surface area contributed by atoms with Gasteiger partial charge in [0.05, 0.1) is 16.9 Å². The molecule has 0 fully saturated rings. The Morgan fingerprint density at radius 3 is 1.77 bits per heavy atom. The molecule has 0 unspecified atom stereocenters. The normalized spacial score (nSPS) is 12.5. The minimum atomic E-state index is -0.159. The Labute approximate surface area is 386 Å². The molecule has 1 aliphatic rings. The van der Waals surface area contributed by atoms with Crippen molar-refractivity contribution in [3.63, 3.8) is 0 Å². The van der Waals surface area contributed by atoms with Gasteiger partial charge in [-0.15, -0.1) is 0 Å². The van der Waals surface area contributed by atoms with Crippen LogP contribution in [-0.2, 0) is 5.41 Å². The van der Waals surface area contributed by atoms with E-state index in [1.807, 2.05) is 0 Å².